The lowest BCUT2D eigenvalue weighted by atomic mass is 10.1. The Balaban J connectivity index is 2.89. The van der Waals surface area contributed by atoms with Gasteiger partial charge in [-0.2, -0.15) is 0 Å². The average Bonchev–Trinajstić information content (AvgIpc) is 2.27. The Labute approximate surface area is 88.8 Å². The molecule has 0 saturated carbocycles. The van der Waals surface area contributed by atoms with Gasteiger partial charge in [0.2, 0.25) is 0 Å². The maximum absolute atomic E-state index is 9.75. The maximum Gasteiger partial charge on any atom is 0.119 e. The monoisotopic (exact) mass is 212 g/mol. The van der Waals surface area contributed by atoms with Gasteiger partial charge in [0.15, 0.2) is 0 Å². The van der Waals surface area contributed by atoms with E-state index in [9.17, 15) is 5.11 Å². The summed E-state index contributed by atoms with van der Waals surface area (Å²) >= 11 is 5.84. The average molecular weight is 213 g/mol. The van der Waals surface area contributed by atoms with E-state index in [4.69, 9.17) is 16.3 Å². The molecule has 0 aromatic heterocycles. The molecular formula is C11H13ClO2. The molecule has 3 heteroatoms. The fraction of sp³-hybridized carbons (Fsp3) is 0.273. The van der Waals surface area contributed by atoms with Crippen molar-refractivity contribution >= 4 is 11.6 Å². The van der Waals surface area contributed by atoms with Crippen LogP contribution in [0.2, 0.25) is 0 Å². The molecule has 1 aromatic rings. The Bertz CT molecular complexity index is 312. The number of hydrogen-bond donors (Lipinski definition) is 1. The molecule has 0 aliphatic rings. The van der Waals surface area contributed by atoms with E-state index in [0.29, 0.717) is 5.75 Å². The first-order valence-corrected chi connectivity index (χ1v) is 4.71. The van der Waals surface area contributed by atoms with Crippen molar-refractivity contribution in [1.29, 1.82) is 0 Å². The first-order valence-electron chi connectivity index (χ1n) is 4.27. The molecule has 0 heterocycles. The predicted molar refractivity (Wildman–Crippen MR) is 57.8 cm³/mol. The van der Waals surface area contributed by atoms with E-state index in [1.54, 1.807) is 19.2 Å². The first kappa shape index (κ1) is 11.1. The Hall–Kier alpha value is -0.990. The van der Waals surface area contributed by atoms with Crippen molar-refractivity contribution in [2.24, 2.45) is 0 Å². The SMILES string of the molecule is C=C[C@H](Cl)[C@@H](O)c1cccc(OC)c1. The van der Waals surface area contributed by atoms with Crippen molar-refractivity contribution < 1.29 is 9.84 Å². The quantitative estimate of drug-likeness (QED) is 0.614. The maximum atomic E-state index is 9.75. The third-order valence-electron chi connectivity index (χ3n) is 1.96. The third kappa shape index (κ3) is 2.50. The second kappa shape index (κ2) is 5.03. The molecular weight excluding hydrogens is 200 g/mol. The number of methoxy groups -OCH3 is 1. The summed E-state index contributed by atoms with van der Waals surface area (Å²) in [7, 11) is 1.58. The number of rotatable bonds is 4. The highest BCUT2D eigenvalue weighted by Crippen LogP contribution is 2.24. The van der Waals surface area contributed by atoms with Gasteiger partial charge in [-0.05, 0) is 17.7 Å². The summed E-state index contributed by atoms with van der Waals surface area (Å²) in [5, 5.41) is 9.27. The van der Waals surface area contributed by atoms with E-state index in [1.165, 1.54) is 6.08 Å². The van der Waals surface area contributed by atoms with Crippen LogP contribution in [0, 0.1) is 0 Å². The highest BCUT2D eigenvalue weighted by Gasteiger charge is 2.15. The van der Waals surface area contributed by atoms with Crippen LogP contribution in [0.15, 0.2) is 36.9 Å². The van der Waals surface area contributed by atoms with Crippen LogP contribution in [-0.4, -0.2) is 17.6 Å². The summed E-state index contributed by atoms with van der Waals surface area (Å²) in [5.74, 6) is 0.703. The molecule has 76 valence electrons. The number of benzene rings is 1. The van der Waals surface area contributed by atoms with Crippen LogP contribution in [-0.2, 0) is 0 Å². The van der Waals surface area contributed by atoms with E-state index < -0.39 is 11.5 Å². The van der Waals surface area contributed by atoms with Gasteiger partial charge in [-0.1, -0.05) is 18.2 Å². The van der Waals surface area contributed by atoms with Crippen molar-refractivity contribution in [2.75, 3.05) is 7.11 Å². The van der Waals surface area contributed by atoms with E-state index in [1.807, 2.05) is 12.1 Å². The Kier molecular flexibility index (Phi) is 3.98. The normalized spacial score (nSPS) is 14.5. The number of aliphatic hydroxyl groups excluding tert-OH is 1. The topological polar surface area (TPSA) is 29.5 Å². The fourth-order valence-electron chi connectivity index (χ4n) is 1.14. The van der Waals surface area contributed by atoms with Crippen molar-refractivity contribution in [1.82, 2.24) is 0 Å². The lowest BCUT2D eigenvalue weighted by molar-refractivity contribution is 0.184. The van der Waals surface area contributed by atoms with Crippen molar-refractivity contribution in [2.45, 2.75) is 11.5 Å². The number of hydrogen-bond acceptors (Lipinski definition) is 2. The zero-order chi connectivity index (χ0) is 10.6. The molecule has 14 heavy (non-hydrogen) atoms. The van der Waals surface area contributed by atoms with Gasteiger partial charge in [0.25, 0.3) is 0 Å². The molecule has 2 nitrogen and oxygen atoms in total. The zero-order valence-electron chi connectivity index (χ0n) is 7.98. The van der Waals surface area contributed by atoms with Crippen molar-refractivity contribution in [3.63, 3.8) is 0 Å². The van der Waals surface area contributed by atoms with Gasteiger partial charge < -0.3 is 9.84 Å². The van der Waals surface area contributed by atoms with E-state index in [0.717, 1.165) is 5.56 Å². The van der Waals surface area contributed by atoms with Gasteiger partial charge in [-0.15, -0.1) is 18.2 Å². The van der Waals surface area contributed by atoms with E-state index >= 15 is 0 Å². The van der Waals surface area contributed by atoms with Crippen LogP contribution in [0.5, 0.6) is 5.75 Å². The van der Waals surface area contributed by atoms with Crippen LogP contribution < -0.4 is 4.74 Å². The minimum absolute atomic E-state index is 0.484. The molecule has 1 rings (SSSR count). The van der Waals surface area contributed by atoms with Gasteiger partial charge in [0.1, 0.15) is 5.75 Å². The summed E-state index contributed by atoms with van der Waals surface area (Å²) in [4.78, 5) is 0. The zero-order valence-corrected chi connectivity index (χ0v) is 8.74. The molecule has 2 atom stereocenters. The molecule has 1 N–H and O–H groups in total. The standard InChI is InChI=1S/C11H13ClO2/c1-3-10(12)11(13)8-5-4-6-9(7-8)14-2/h3-7,10-11,13H,1H2,2H3/t10-,11-/m0/s1. The highest BCUT2D eigenvalue weighted by molar-refractivity contribution is 6.22. The van der Waals surface area contributed by atoms with Gasteiger partial charge in [0.05, 0.1) is 18.6 Å². The molecule has 0 fully saturated rings. The fourth-order valence-corrected chi connectivity index (χ4v) is 1.28. The van der Waals surface area contributed by atoms with Gasteiger partial charge in [-0.3, -0.25) is 0 Å². The molecule has 0 spiro atoms. The molecule has 0 bridgehead atoms. The number of aliphatic hydroxyl groups is 1. The summed E-state index contributed by atoms with van der Waals surface area (Å²) in [6.07, 6.45) is 0.760. The van der Waals surface area contributed by atoms with Gasteiger partial charge >= 0.3 is 0 Å². The van der Waals surface area contributed by atoms with Crippen LogP contribution >= 0.6 is 11.6 Å². The molecule has 0 amide bonds. The number of halogens is 1. The highest BCUT2D eigenvalue weighted by atomic mass is 35.5. The first-order chi connectivity index (χ1) is 6.69. The molecule has 0 radical (unpaired) electrons. The molecule has 0 aliphatic heterocycles. The second-order valence-electron chi connectivity index (χ2n) is 2.90. The Morgan fingerprint density at radius 2 is 2.29 bits per heavy atom. The van der Waals surface area contributed by atoms with Gasteiger partial charge in [-0.25, -0.2) is 0 Å². The second-order valence-corrected chi connectivity index (χ2v) is 3.41. The van der Waals surface area contributed by atoms with Crippen molar-refractivity contribution in [3.8, 4) is 5.75 Å². The number of ether oxygens (including phenoxy) is 1. The van der Waals surface area contributed by atoms with Crippen molar-refractivity contribution in [3.05, 3.63) is 42.5 Å². The van der Waals surface area contributed by atoms with Crippen LogP contribution in [0.25, 0.3) is 0 Å². The van der Waals surface area contributed by atoms with Crippen LogP contribution in [0.4, 0.5) is 0 Å². The summed E-state index contributed by atoms with van der Waals surface area (Å²) < 4.78 is 5.04. The van der Waals surface area contributed by atoms with E-state index in [2.05, 4.69) is 6.58 Å². The molecule has 1 aromatic carbocycles. The largest absolute Gasteiger partial charge is 0.497 e. The van der Waals surface area contributed by atoms with Crippen LogP contribution in [0.3, 0.4) is 0 Å². The minimum atomic E-state index is -0.746. The third-order valence-corrected chi connectivity index (χ3v) is 2.38. The molecule has 0 saturated heterocycles. The number of alkyl halides is 1. The minimum Gasteiger partial charge on any atom is -0.497 e. The predicted octanol–water partition coefficient (Wildman–Crippen LogP) is 2.52. The van der Waals surface area contributed by atoms with Gasteiger partial charge in [0, 0.05) is 0 Å². The Morgan fingerprint density at radius 3 is 2.86 bits per heavy atom. The van der Waals surface area contributed by atoms with E-state index in [-0.39, 0.29) is 0 Å². The summed E-state index contributed by atoms with van der Waals surface area (Å²) in [5.41, 5.74) is 0.726. The molecule has 0 unspecified atom stereocenters. The lowest BCUT2D eigenvalue weighted by Gasteiger charge is -2.14. The Morgan fingerprint density at radius 1 is 1.57 bits per heavy atom. The summed E-state index contributed by atoms with van der Waals surface area (Å²) in [6, 6.07) is 7.17. The molecule has 0 aliphatic carbocycles. The summed E-state index contributed by atoms with van der Waals surface area (Å²) in [6.45, 7) is 3.53. The smallest absolute Gasteiger partial charge is 0.119 e. The van der Waals surface area contributed by atoms with Crippen LogP contribution in [0.1, 0.15) is 11.7 Å². The lowest BCUT2D eigenvalue weighted by Crippen LogP contribution is -2.09.